The van der Waals surface area contributed by atoms with Crippen LogP contribution in [0.25, 0.3) is 0 Å². The molecule has 102 valence electrons. The molecule has 0 aromatic heterocycles. The number of rotatable bonds is 3. The van der Waals surface area contributed by atoms with Gasteiger partial charge in [-0.2, -0.15) is 0 Å². The Morgan fingerprint density at radius 3 is 2.60 bits per heavy atom. The van der Waals surface area contributed by atoms with Gasteiger partial charge in [-0.05, 0) is 72.0 Å². The summed E-state index contributed by atoms with van der Waals surface area (Å²) in [7, 11) is 0. The van der Waals surface area contributed by atoms with Crippen LogP contribution in [0.3, 0.4) is 0 Å². The SMILES string of the molecule is NCCCC1c2ccccc2Cc2ccc3c(c21)CC3. The van der Waals surface area contributed by atoms with Gasteiger partial charge in [0.25, 0.3) is 0 Å². The van der Waals surface area contributed by atoms with Crippen LogP contribution in [0, 0.1) is 0 Å². The van der Waals surface area contributed by atoms with Gasteiger partial charge in [0, 0.05) is 5.92 Å². The van der Waals surface area contributed by atoms with E-state index in [9.17, 15) is 0 Å². The predicted molar refractivity (Wildman–Crippen MR) is 83.2 cm³/mol. The average Bonchev–Trinajstić information content (AvgIpc) is 2.44. The molecule has 2 aliphatic rings. The molecule has 0 saturated heterocycles. The zero-order valence-electron chi connectivity index (χ0n) is 11.9. The molecule has 1 nitrogen and oxygen atoms in total. The Morgan fingerprint density at radius 1 is 0.950 bits per heavy atom. The summed E-state index contributed by atoms with van der Waals surface area (Å²) in [6.45, 7) is 0.795. The Bertz CT molecular complexity index is 657. The third kappa shape index (κ3) is 1.73. The fourth-order valence-corrected chi connectivity index (χ4v) is 3.98. The van der Waals surface area contributed by atoms with Crippen molar-refractivity contribution in [2.45, 2.75) is 38.0 Å². The molecule has 0 bridgehead atoms. The second-order valence-corrected chi connectivity index (χ2v) is 6.14. The van der Waals surface area contributed by atoms with Crippen molar-refractivity contribution in [2.75, 3.05) is 6.54 Å². The number of aryl methyl sites for hydroxylation is 1. The lowest BCUT2D eigenvalue weighted by Gasteiger charge is -2.35. The van der Waals surface area contributed by atoms with Crippen molar-refractivity contribution in [3.05, 3.63) is 69.8 Å². The van der Waals surface area contributed by atoms with Crippen LogP contribution in [0.2, 0.25) is 0 Å². The number of benzene rings is 2. The zero-order valence-corrected chi connectivity index (χ0v) is 11.9. The van der Waals surface area contributed by atoms with Crippen molar-refractivity contribution >= 4 is 0 Å². The molecular weight excluding hydrogens is 242 g/mol. The van der Waals surface area contributed by atoms with Gasteiger partial charge in [-0.3, -0.25) is 0 Å². The van der Waals surface area contributed by atoms with Crippen LogP contribution < -0.4 is 5.73 Å². The van der Waals surface area contributed by atoms with Gasteiger partial charge in [0.15, 0.2) is 0 Å². The quantitative estimate of drug-likeness (QED) is 0.900. The minimum Gasteiger partial charge on any atom is -0.330 e. The van der Waals surface area contributed by atoms with E-state index >= 15 is 0 Å². The predicted octanol–water partition coefficient (Wildman–Crippen LogP) is 3.56. The third-order valence-corrected chi connectivity index (χ3v) is 5.05. The monoisotopic (exact) mass is 263 g/mol. The fraction of sp³-hybridized carbons (Fsp3) is 0.368. The largest absolute Gasteiger partial charge is 0.330 e. The average molecular weight is 263 g/mol. The second-order valence-electron chi connectivity index (χ2n) is 6.14. The van der Waals surface area contributed by atoms with E-state index in [1.165, 1.54) is 24.8 Å². The van der Waals surface area contributed by atoms with Crippen LogP contribution in [0.1, 0.15) is 52.1 Å². The van der Waals surface area contributed by atoms with Crippen LogP contribution in [0.4, 0.5) is 0 Å². The maximum absolute atomic E-state index is 5.77. The topological polar surface area (TPSA) is 26.0 Å². The molecule has 1 heteroatoms. The highest BCUT2D eigenvalue weighted by Gasteiger charge is 2.30. The molecule has 2 aromatic carbocycles. The molecule has 2 aliphatic carbocycles. The second kappa shape index (κ2) is 4.75. The van der Waals surface area contributed by atoms with Crippen LogP contribution >= 0.6 is 0 Å². The van der Waals surface area contributed by atoms with Gasteiger partial charge in [0.05, 0.1) is 0 Å². The molecule has 0 radical (unpaired) electrons. The Morgan fingerprint density at radius 2 is 1.80 bits per heavy atom. The van der Waals surface area contributed by atoms with Gasteiger partial charge in [-0.1, -0.05) is 36.4 Å². The Balaban J connectivity index is 1.86. The van der Waals surface area contributed by atoms with Crippen LogP contribution in [0.5, 0.6) is 0 Å². The summed E-state index contributed by atoms with van der Waals surface area (Å²) in [5.74, 6) is 0.578. The van der Waals surface area contributed by atoms with Crippen molar-refractivity contribution in [1.82, 2.24) is 0 Å². The smallest absolute Gasteiger partial charge is 0.00983 e. The highest BCUT2D eigenvalue weighted by molar-refractivity contribution is 5.56. The lowest BCUT2D eigenvalue weighted by atomic mass is 9.70. The first-order chi connectivity index (χ1) is 9.88. The van der Waals surface area contributed by atoms with E-state index in [1.54, 1.807) is 27.8 Å². The normalized spacial score (nSPS) is 18.8. The lowest BCUT2D eigenvalue weighted by Crippen LogP contribution is -2.22. The van der Waals surface area contributed by atoms with Gasteiger partial charge in [-0.25, -0.2) is 0 Å². The van der Waals surface area contributed by atoms with Gasteiger partial charge in [0.1, 0.15) is 0 Å². The standard InChI is InChI=1S/C19H21N/c20-11-3-6-18-16-5-2-1-4-14(16)12-15-8-7-13-9-10-17(13)19(15)18/h1-2,4-5,7-8,18H,3,6,9-12,20H2. The van der Waals surface area contributed by atoms with Gasteiger partial charge < -0.3 is 5.73 Å². The Kier molecular flexibility index (Phi) is 2.89. The Labute approximate surface area is 120 Å². The van der Waals surface area contributed by atoms with Crippen LogP contribution in [-0.2, 0) is 19.3 Å². The summed E-state index contributed by atoms with van der Waals surface area (Å²) < 4.78 is 0. The van der Waals surface area contributed by atoms with Crippen LogP contribution in [0.15, 0.2) is 36.4 Å². The summed E-state index contributed by atoms with van der Waals surface area (Å²) in [6, 6.07) is 13.7. The van der Waals surface area contributed by atoms with E-state index in [-0.39, 0.29) is 0 Å². The van der Waals surface area contributed by atoms with E-state index in [0.717, 1.165) is 19.4 Å². The molecule has 1 unspecified atom stereocenters. The van der Waals surface area contributed by atoms with E-state index in [0.29, 0.717) is 5.92 Å². The van der Waals surface area contributed by atoms with Crippen LogP contribution in [-0.4, -0.2) is 6.54 Å². The molecule has 2 N–H and O–H groups in total. The van der Waals surface area contributed by atoms with Gasteiger partial charge >= 0.3 is 0 Å². The maximum atomic E-state index is 5.77. The fourth-order valence-electron chi connectivity index (χ4n) is 3.98. The third-order valence-electron chi connectivity index (χ3n) is 5.05. The highest BCUT2D eigenvalue weighted by atomic mass is 14.5. The molecule has 20 heavy (non-hydrogen) atoms. The van der Waals surface area contributed by atoms with E-state index in [4.69, 9.17) is 5.73 Å². The zero-order chi connectivity index (χ0) is 13.5. The molecule has 4 rings (SSSR count). The van der Waals surface area contributed by atoms with Crippen molar-refractivity contribution in [1.29, 1.82) is 0 Å². The number of fused-ring (bicyclic) bond motifs is 4. The number of hydrogen-bond acceptors (Lipinski definition) is 1. The number of nitrogens with two attached hydrogens (primary N) is 1. The van der Waals surface area contributed by atoms with E-state index in [2.05, 4.69) is 36.4 Å². The van der Waals surface area contributed by atoms with Gasteiger partial charge in [-0.15, -0.1) is 0 Å². The minimum absolute atomic E-state index is 0.578. The summed E-state index contributed by atoms with van der Waals surface area (Å²) in [4.78, 5) is 0. The Hall–Kier alpha value is -1.60. The first-order valence-electron chi connectivity index (χ1n) is 7.80. The lowest BCUT2D eigenvalue weighted by molar-refractivity contribution is 0.633. The molecule has 0 saturated carbocycles. The number of hydrogen-bond donors (Lipinski definition) is 1. The summed E-state index contributed by atoms with van der Waals surface area (Å²) in [5, 5.41) is 0. The molecule has 0 spiro atoms. The van der Waals surface area contributed by atoms with Crippen molar-refractivity contribution in [2.24, 2.45) is 5.73 Å². The maximum Gasteiger partial charge on any atom is 0.00983 e. The van der Waals surface area contributed by atoms with Crippen molar-refractivity contribution < 1.29 is 0 Å². The van der Waals surface area contributed by atoms with Gasteiger partial charge in [0.2, 0.25) is 0 Å². The summed E-state index contributed by atoms with van der Waals surface area (Å²) in [5.41, 5.74) is 15.3. The first-order valence-corrected chi connectivity index (χ1v) is 7.80. The molecule has 2 aromatic rings. The highest BCUT2D eigenvalue weighted by Crippen LogP contribution is 2.44. The molecular formula is C19H21N. The molecule has 0 amide bonds. The molecule has 0 fully saturated rings. The minimum atomic E-state index is 0.578. The molecule has 0 heterocycles. The van der Waals surface area contributed by atoms with E-state index in [1.807, 2.05) is 0 Å². The summed E-state index contributed by atoms with van der Waals surface area (Å²) in [6.07, 6.45) is 5.96. The van der Waals surface area contributed by atoms with E-state index < -0.39 is 0 Å². The van der Waals surface area contributed by atoms with Crippen molar-refractivity contribution in [3.63, 3.8) is 0 Å². The molecule has 1 atom stereocenters. The first kappa shape index (κ1) is 12.2. The van der Waals surface area contributed by atoms with Crippen molar-refractivity contribution in [3.8, 4) is 0 Å². The molecule has 0 aliphatic heterocycles. The summed E-state index contributed by atoms with van der Waals surface area (Å²) >= 11 is 0.